The summed E-state index contributed by atoms with van der Waals surface area (Å²) in [6.07, 6.45) is -0.325. The molecule has 3 nitrogen and oxygen atoms in total. The second-order valence-corrected chi connectivity index (χ2v) is 6.07. The zero-order chi connectivity index (χ0) is 14.7. The van der Waals surface area contributed by atoms with E-state index in [4.69, 9.17) is 0 Å². The molecule has 4 heteroatoms. The molecule has 1 unspecified atom stereocenters. The first-order chi connectivity index (χ1) is 10.3. The predicted molar refractivity (Wildman–Crippen MR) is 87.9 cm³/mol. The highest BCUT2D eigenvalue weighted by molar-refractivity contribution is 7.98. The third-order valence-corrected chi connectivity index (χ3v) is 4.63. The Morgan fingerprint density at radius 1 is 1.10 bits per heavy atom. The molecule has 1 heterocycles. The van der Waals surface area contributed by atoms with Crippen molar-refractivity contribution in [3.63, 3.8) is 0 Å². The van der Waals surface area contributed by atoms with Crippen LogP contribution in [-0.2, 0) is 5.75 Å². The first-order valence-corrected chi connectivity index (χ1v) is 8.13. The van der Waals surface area contributed by atoms with E-state index in [0.29, 0.717) is 5.75 Å². The van der Waals surface area contributed by atoms with Gasteiger partial charge in [0.2, 0.25) is 0 Å². The van der Waals surface area contributed by atoms with Crippen LogP contribution in [0.15, 0.2) is 59.6 Å². The van der Waals surface area contributed by atoms with Crippen molar-refractivity contribution in [3.8, 4) is 0 Å². The van der Waals surface area contributed by atoms with Crippen LogP contribution in [0.2, 0.25) is 0 Å². The first kappa shape index (κ1) is 14.2. The summed E-state index contributed by atoms with van der Waals surface area (Å²) in [5.74, 6) is 1.60. The zero-order valence-corrected chi connectivity index (χ0v) is 12.7. The Morgan fingerprint density at radius 3 is 2.62 bits per heavy atom. The van der Waals surface area contributed by atoms with Gasteiger partial charge in [-0.25, -0.2) is 0 Å². The molecule has 2 aromatic carbocycles. The molecule has 0 saturated heterocycles. The molecule has 3 rings (SSSR count). The fourth-order valence-electron chi connectivity index (χ4n) is 2.41. The van der Waals surface area contributed by atoms with Crippen molar-refractivity contribution in [2.24, 2.45) is 4.99 Å². The van der Waals surface area contributed by atoms with E-state index in [2.05, 4.69) is 17.1 Å². The fourth-order valence-corrected chi connectivity index (χ4v) is 3.38. The van der Waals surface area contributed by atoms with Gasteiger partial charge in [-0.1, -0.05) is 48.5 Å². The molecule has 108 valence electrons. The van der Waals surface area contributed by atoms with E-state index in [9.17, 15) is 5.21 Å². The molecule has 0 aliphatic carbocycles. The van der Waals surface area contributed by atoms with Gasteiger partial charge in [-0.05, 0) is 18.6 Å². The molecule has 0 spiro atoms. The summed E-state index contributed by atoms with van der Waals surface area (Å²) in [5.41, 5.74) is 2.03. The Labute approximate surface area is 128 Å². The fraction of sp³-hybridized carbons (Fsp3) is 0.235. The monoisotopic (exact) mass is 297 g/mol. The highest BCUT2D eigenvalue weighted by Gasteiger charge is 2.14. The number of rotatable bonds is 4. The third-order valence-electron chi connectivity index (χ3n) is 3.56. The molecule has 0 radical (unpaired) electrons. The summed E-state index contributed by atoms with van der Waals surface area (Å²) in [6, 6.07) is 18.1. The summed E-state index contributed by atoms with van der Waals surface area (Å²) < 4.78 is 0. The van der Waals surface area contributed by atoms with Crippen LogP contribution in [0, 0.1) is 5.21 Å². The number of benzene rings is 2. The van der Waals surface area contributed by atoms with Crippen LogP contribution in [-0.4, -0.2) is 17.0 Å². The van der Waals surface area contributed by atoms with Crippen molar-refractivity contribution < 1.29 is 0 Å². The minimum Gasteiger partial charge on any atom is -0.757 e. The smallest absolute Gasteiger partial charge is 0.120 e. The van der Waals surface area contributed by atoms with Crippen LogP contribution in [0.1, 0.15) is 12.5 Å². The largest absolute Gasteiger partial charge is 0.757 e. The molecule has 0 N–H and O–H groups in total. The lowest BCUT2D eigenvalue weighted by Crippen LogP contribution is -2.43. The van der Waals surface area contributed by atoms with Gasteiger partial charge in [0.25, 0.3) is 0 Å². The van der Waals surface area contributed by atoms with E-state index in [1.807, 2.05) is 49.4 Å². The summed E-state index contributed by atoms with van der Waals surface area (Å²) in [4.78, 5) is 4.58. The van der Waals surface area contributed by atoms with Crippen LogP contribution in [0.3, 0.4) is 0 Å². The van der Waals surface area contributed by atoms with E-state index < -0.39 is 0 Å². The van der Waals surface area contributed by atoms with Gasteiger partial charge in [0.15, 0.2) is 0 Å². The van der Waals surface area contributed by atoms with Gasteiger partial charge in [-0.2, -0.15) is 11.8 Å². The molecule has 1 aliphatic heterocycles. The van der Waals surface area contributed by atoms with Crippen molar-refractivity contribution in [3.05, 3.63) is 75.9 Å². The summed E-state index contributed by atoms with van der Waals surface area (Å²) in [6.45, 7) is 1.87. The van der Waals surface area contributed by atoms with Gasteiger partial charge in [0.1, 0.15) is 6.17 Å². The third kappa shape index (κ3) is 3.12. The van der Waals surface area contributed by atoms with Gasteiger partial charge >= 0.3 is 0 Å². The average molecular weight is 297 g/mol. The molecular weight excluding hydrogens is 280 g/mol. The number of thioether (sulfide) groups is 1. The van der Waals surface area contributed by atoms with Crippen LogP contribution in [0.5, 0.6) is 0 Å². The predicted octanol–water partition coefficient (Wildman–Crippen LogP) is 2.51. The van der Waals surface area contributed by atoms with Crippen LogP contribution >= 0.6 is 11.8 Å². The molecule has 1 aliphatic rings. The van der Waals surface area contributed by atoms with Crippen LogP contribution in [0.25, 0.3) is 5.70 Å². The molecule has 0 aromatic heterocycles. The number of nitrogens with zero attached hydrogens (tertiary/aromatic N) is 2. The summed E-state index contributed by atoms with van der Waals surface area (Å²) >= 11 is 1.74. The molecule has 0 bridgehead atoms. The molecule has 0 saturated carbocycles. The lowest BCUT2D eigenvalue weighted by Gasteiger charge is -2.39. The Balaban J connectivity index is 1.71. The second kappa shape index (κ2) is 6.33. The van der Waals surface area contributed by atoms with Crippen molar-refractivity contribution in [2.45, 2.75) is 18.8 Å². The Kier molecular flexibility index (Phi) is 4.27. The van der Waals surface area contributed by atoms with E-state index >= 15 is 0 Å². The topological polar surface area (TPSA) is 38.7 Å². The Morgan fingerprint density at radius 2 is 1.81 bits per heavy atom. The minimum absolute atomic E-state index is 0.325. The van der Waals surface area contributed by atoms with Crippen molar-refractivity contribution in [1.29, 1.82) is 0 Å². The zero-order valence-electron chi connectivity index (χ0n) is 11.9. The van der Waals surface area contributed by atoms with Gasteiger partial charge in [-0.15, -0.1) is 0 Å². The molecule has 2 aromatic rings. The number of hydrogen-bond acceptors (Lipinski definition) is 4. The van der Waals surface area contributed by atoms with E-state index in [-0.39, 0.29) is 6.17 Å². The van der Waals surface area contributed by atoms with Gasteiger partial charge in [0.05, 0.1) is 5.36 Å². The first-order valence-electron chi connectivity index (χ1n) is 6.97. The van der Waals surface area contributed by atoms with Crippen LogP contribution in [0.4, 0.5) is 0 Å². The van der Waals surface area contributed by atoms with Crippen molar-refractivity contribution in [1.82, 2.24) is 5.06 Å². The number of hydroxylamine groups is 2. The van der Waals surface area contributed by atoms with Gasteiger partial charge in [-0.3, -0.25) is 4.99 Å². The highest BCUT2D eigenvalue weighted by atomic mass is 32.2. The molecule has 21 heavy (non-hydrogen) atoms. The van der Waals surface area contributed by atoms with Crippen molar-refractivity contribution >= 4 is 17.5 Å². The normalized spacial score (nSPS) is 17.3. The molecule has 1 atom stereocenters. The summed E-state index contributed by atoms with van der Waals surface area (Å²) in [5, 5.41) is 15.2. The Hall–Kier alpha value is -1.78. The maximum Gasteiger partial charge on any atom is 0.120 e. The average Bonchev–Trinajstić information content (AvgIpc) is 2.53. The standard InChI is InChI=1S/C17H17N2OS/c1-13-15-9-5-6-10-16(15)18-17(19(13)20)12-21-11-14-7-3-2-4-8-14/h2-10,17H,11-12H2,1H3/q-1. The second-order valence-electron chi connectivity index (χ2n) is 5.04. The number of para-hydroxylation sites is 1. The van der Waals surface area contributed by atoms with Gasteiger partial charge in [0, 0.05) is 22.4 Å². The molecular formula is C17H17N2OS-. The number of fused-ring (bicyclic) bond motifs is 1. The van der Waals surface area contributed by atoms with Gasteiger partial charge < -0.3 is 10.3 Å². The summed E-state index contributed by atoms with van der Waals surface area (Å²) in [7, 11) is 0. The highest BCUT2D eigenvalue weighted by Crippen LogP contribution is 2.18. The minimum atomic E-state index is -0.325. The van der Waals surface area contributed by atoms with E-state index in [1.54, 1.807) is 11.8 Å². The maximum atomic E-state index is 12.3. The molecule has 0 amide bonds. The molecule has 0 fully saturated rings. The van der Waals surface area contributed by atoms with Crippen LogP contribution < -0.4 is 10.6 Å². The van der Waals surface area contributed by atoms with E-state index in [1.165, 1.54) is 5.56 Å². The Bertz CT molecular complexity index is 730. The van der Waals surface area contributed by atoms with E-state index in [0.717, 1.165) is 27.1 Å². The number of hydrogen-bond donors (Lipinski definition) is 0. The lowest BCUT2D eigenvalue weighted by atomic mass is 10.2. The maximum absolute atomic E-state index is 12.3. The quantitative estimate of drug-likeness (QED) is 0.870. The SMILES string of the molecule is CC1=c2ccccc2=NC(CSCc2ccccc2)N1[O-]. The van der Waals surface area contributed by atoms with Crippen molar-refractivity contribution in [2.75, 3.05) is 5.75 Å². The lowest BCUT2D eigenvalue weighted by molar-refractivity contribution is 0.407.